The number of hydrogen-bond donors (Lipinski definition) is 1. The second-order valence-electron chi connectivity index (χ2n) is 6.54. The highest BCUT2D eigenvalue weighted by atomic mass is 15.4. The van der Waals surface area contributed by atoms with Crippen LogP contribution >= 0.6 is 0 Å². The average molecular weight is 322 g/mol. The van der Waals surface area contributed by atoms with Gasteiger partial charge in [0.1, 0.15) is 11.6 Å². The molecule has 8 nitrogen and oxygen atoms in total. The number of rotatable bonds is 5. The van der Waals surface area contributed by atoms with E-state index in [2.05, 4.69) is 30.4 Å². The average Bonchev–Trinajstić information content (AvgIpc) is 3.34. The molecule has 3 aromatic heterocycles. The summed E-state index contributed by atoms with van der Waals surface area (Å²) in [6.45, 7) is 2.89. The Morgan fingerprint density at radius 1 is 1.12 bits per heavy atom. The number of aromatic nitrogens is 6. The largest absolute Gasteiger partial charge is 0.368 e. The van der Waals surface area contributed by atoms with Crippen LogP contribution in [0.4, 0.5) is 11.6 Å². The Hall–Kier alpha value is -2.77. The summed E-state index contributed by atoms with van der Waals surface area (Å²) >= 11 is 0. The van der Waals surface area contributed by atoms with Gasteiger partial charge < -0.3 is 10.2 Å². The highest BCUT2D eigenvalue weighted by Crippen LogP contribution is 2.38. The Morgan fingerprint density at radius 2 is 2.04 bits per heavy atom. The Balaban J connectivity index is 1.24. The van der Waals surface area contributed by atoms with Gasteiger partial charge in [-0.15, -0.1) is 15.3 Å². The molecule has 1 saturated carbocycles. The molecule has 24 heavy (non-hydrogen) atoms. The molecule has 1 aliphatic carbocycles. The van der Waals surface area contributed by atoms with E-state index in [0.29, 0.717) is 11.8 Å². The molecule has 1 saturated heterocycles. The van der Waals surface area contributed by atoms with E-state index < -0.39 is 0 Å². The van der Waals surface area contributed by atoms with Crippen LogP contribution in [0.15, 0.2) is 30.7 Å². The summed E-state index contributed by atoms with van der Waals surface area (Å²) < 4.78 is 1.91. The normalized spacial score (nSPS) is 17.9. The van der Waals surface area contributed by atoms with E-state index >= 15 is 0 Å². The van der Waals surface area contributed by atoms with Crippen molar-refractivity contribution in [1.29, 1.82) is 0 Å². The highest BCUT2D eigenvalue weighted by molar-refractivity contribution is 5.48. The van der Waals surface area contributed by atoms with Crippen LogP contribution in [0.25, 0.3) is 5.65 Å². The van der Waals surface area contributed by atoms with Crippen molar-refractivity contribution in [3.63, 3.8) is 0 Å². The number of nitrogens with one attached hydrogen (secondary N) is 1. The first-order valence-electron chi connectivity index (χ1n) is 8.34. The molecule has 3 aromatic rings. The van der Waals surface area contributed by atoms with E-state index in [-0.39, 0.29) is 0 Å². The third kappa shape index (κ3) is 2.44. The van der Waals surface area contributed by atoms with Gasteiger partial charge >= 0.3 is 0 Å². The molecule has 1 aliphatic heterocycles. The standard InChI is InChI=1S/C16H18N8/c1-2-12(1)16-21-20-14-3-4-15(22-24(14)16)23-9-11(10-23)7-19-13-8-17-5-6-18-13/h3-6,8,11-12H,1-2,7,9-10H2,(H,18,19). The van der Waals surface area contributed by atoms with Crippen molar-refractivity contribution in [2.75, 3.05) is 29.9 Å². The zero-order valence-electron chi connectivity index (χ0n) is 13.2. The van der Waals surface area contributed by atoms with Crippen LogP contribution in [-0.4, -0.2) is 49.4 Å². The molecule has 4 heterocycles. The van der Waals surface area contributed by atoms with E-state index in [1.807, 2.05) is 16.6 Å². The maximum atomic E-state index is 4.75. The maximum Gasteiger partial charge on any atom is 0.178 e. The lowest BCUT2D eigenvalue weighted by molar-refractivity contribution is 0.424. The summed E-state index contributed by atoms with van der Waals surface area (Å²) in [5, 5.41) is 16.6. The van der Waals surface area contributed by atoms with Crippen LogP contribution < -0.4 is 10.2 Å². The third-order valence-corrected chi connectivity index (χ3v) is 4.63. The van der Waals surface area contributed by atoms with E-state index in [9.17, 15) is 0 Å². The molecule has 1 N–H and O–H groups in total. The zero-order chi connectivity index (χ0) is 15.9. The minimum absolute atomic E-state index is 0.545. The molecule has 0 amide bonds. The molecule has 0 atom stereocenters. The van der Waals surface area contributed by atoms with Crippen molar-refractivity contribution in [2.24, 2.45) is 5.92 Å². The summed E-state index contributed by atoms with van der Waals surface area (Å²) in [6.07, 6.45) is 7.53. The summed E-state index contributed by atoms with van der Waals surface area (Å²) in [7, 11) is 0. The van der Waals surface area contributed by atoms with Crippen molar-refractivity contribution in [2.45, 2.75) is 18.8 Å². The summed E-state index contributed by atoms with van der Waals surface area (Å²) in [5.74, 6) is 3.97. The minimum Gasteiger partial charge on any atom is -0.368 e. The number of nitrogens with zero attached hydrogens (tertiary/aromatic N) is 7. The number of fused-ring (bicyclic) bond motifs is 1. The van der Waals surface area contributed by atoms with Gasteiger partial charge in [0.2, 0.25) is 0 Å². The minimum atomic E-state index is 0.545. The maximum absolute atomic E-state index is 4.75. The molecular weight excluding hydrogens is 304 g/mol. The van der Waals surface area contributed by atoms with Crippen LogP contribution in [0.3, 0.4) is 0 Å². The van der Waals surface area contributed by atoms with E-state index in [0.717, 1.165) is 42.7 Å². The smallest absolute Gasteiger partial charge is 0.178 e. The zero-order valence-corrected chi connectivity index (χ0v) is 13.2. The lowest BCUT2D eigenvalue weighted by atomic mass is 10.0. The Bertz CT molecular complexity index is 851. The number of anilines is 2. The van der Waals surface area contributed by atoms with Gasteiger partial charge in [-0.1, -0.05) is 0 Å². The van der Waals surface area contributed by atoms with Crippen LogP contribution in [0, 0.1) is 5.92 Å². The van der Waals surface area contributed by atoms with Gasteiger partial charge in [-0.3, -0.25) is 4.98 Å². The highest BCUT2D eigenvalue weighted by Gasteiger charge is 2.31. The quantitative estimate of drug-likeness (QED) is 0.759. The molecule has 122 valence electrons. The van der Waals surface area contributed by atoms with Crippen LogP contribution in [0.2, 0.25) is 0 Å². The molecule has 0 radical (unpaired) electrons. The van der Waals surface area contributed by atoms with Crippen LogP contribution in [0.5, 0.6) is 0 Å². The van der Waals surface area contributed by atoms with Gasteiger partial charge in [0.25, 0.3) is 0 Å². The molecule has 2 fully saturated rings. The van der Waals surface area contributed by atoms with Gasteiger partial charge in [-0.05, 0) is 25.0 Å². The van der Waals surface area contributed by atoms with Gasteiger partial charge in [-0.25, -0.2) is 4.98 Å². The number of hydrogen-bond acceptors (Lipinski definition) is 7. The first-order chi connectivity index (χ1) is 11.9. The topological polar surface area (TPSA) is 84.1 Å². The molecule has 0 bridgehead atoms. The Morgan fingerprint density at radius 3 is 2.83 bits per heavy atom. The lowest BCUT2D eigenvalue weighted by Gasteiger charge is -2.40. The van der Waals surface area contributed by atoms with Gasteiger partial charge in [0.05, 0.1) is 6.20 Å². The SMILES string of the molecule is c1cnc(NCC2CN(c3ccc4nnc(C5CC5)n4n3)C2)cn1. The van der Waals surface area contributed by atoms with E-state index in [1.165, 1.54) is 12.8 Å². The molecule has 5 rings (SSSR count). The molecule has 0 unspecified atom stereocenters. The summed E-state index contributed by atoms with van der Waals surface area (Å²) in [4.78, 5) is 10.6. The summed E-state index contributed by atoms with van der Waals surface area (Å²) in [6, 6.07) is 4.04. The van der Waals surface area contributed by atoms with Crippen LogP contribution in [-0.2, 0) is 0 Å². The van der Waals surface area contributed by atoms with Crippen molar-refractivity contribution >= 4 is 17.3 Å². The second-order valence-corrected chi connectivity index (χ2v) is 6.54. The lowest BCUT2D eigenvalue weighted by Crippen LogP contribution is -2.50. The van der Waals surface area contributed by atoms with Gasteiger partial charge in [0, 0.05) is 43.9 Å². The monoisotopic (exact) mass is 322 g/mol. The van der Waals surface area contributed by atoms with Crippen molar-refractivity contribution in [3.8, 4) is 0 Å². The third-order valence-electron chi connectivity index (χ3n) is 4.63. The van der Waals surface area contributed by atoms with Gasteiger partial charge in [-0.2, -0.15) is 4.52 Å². The van der Waals surface area contributed by atoms with Crippen LogP contribution in [0.1, 0.15) is 24.6 Å². The van der Waals surface area contributed by atoms with Crippen molar-refractivity contribution in [3.05, 3.63) is 36.5 Å². The Kier molecular flexibility index (Phi) is 3.07. The van der Waals surface area contributed by atoms with Crippen molar-refractivity contribution in [1.82, 2.24) is 29.8 Å². The van der Waals surface area contributed by atoms with Gasteiger partial charge in [0.15, 0.2) is 11.5 Å². The first kappa shape index (κ1) is 13.6. The second kappa shape index (κ2) is 5.40. The fourth-order valence-electron chi connectivity index (χ4n) is 3.09. The fourth-order valence-corrected chi connectivity index (χ4v) is 3.09. The molecule has 2 aliphatic rings. The predicted molar refractivity (Wildman–Crippen MR) is 89.0 cm³/mol. The molecular formula is C16H18N8. The first-order valence-corrected chi connectivity index (χ1v) is 8.34. The summed E-state index contributed by atoms with van der Waals surface area (Å²) in [5.41, 5.74) is 0.835. The molecule has 0 aromatic carbocycles. The molecule has 0 spiro atoms. The molecule has 8 heteroatoms. The van der Waals surface area contributed by atoms with Crippen molar-refractivity contribution < 1.29 is 0 Å². The predicted octanol–water partition coefficient (Wildman–Crippen LogP) is 1.34. The van der Waals surface area contributed by atoms with E-state index in [4.69, 9.17) is 5.10 Å². The fraction of sp³-hybridized carbons (Fsp3) is 0.438. The van der Waals surface area contributed by atoms with E-state index in [1.54, 1.807) is 18.6 Å². The Labute approximate surface area is 138 Å².